The number of anilines is 3. The number of hydrogen-bond donors (Lipinski definition) is 2. The highest BCUT2D eigenvalue weighted by Crippen LogP contribution is 2.18. The molecule has 6 heteroatoms. The van der Waals surface area contributed by atoms with E-state index in [1.807, 2.05) is 0 Å². The fourth-order valence-corrected chi connectivity index (χ4v) is 2.57. The third-order valence-corrected chi connectivity index (χ3v) is 4.14. The maximum atomic E-state index is 12.5. The predicted molar refractivity (Wildman–Crippen MR) is 108 cm³/mol. The van der Waals surface area contributed by atoms with Crippen molar-refractivity contribution < 1.29 is 14.4 Å². The monoisotopic (exact) mass is 373 g/mol. The van der Waals surface area contributed by atoms with Crippen LogP contribution >= 0.6 is 0 Å². The molecule has 0 aliphatic rings. The lowest BCUT2D eigenvalue weighted by Gasteiger charge is -2.09. The molecule has 0 aliphatic carbocycles. The van der Waals surface area contributed by atoms with Crippen LogP contribution in [-0.2, 0) is 0 Å². The zero-order valence-corrected chi connectivity index (χ0v) is 15.5. The molecule has 0 aliphatic heterocycles. The Balaban J connectivity index is 1.70. The zero-order chi connectivity index (χ0) is 20.1. The van der Waals surface area contributed by atoms with Gasteiger partial charge in [-0.05, 0) is 74.5 Å². The molecule has 2 aromatic carbocycles. The van der Waals surface area contributed by atoms with Gasteiger partial charge in [0, 0.05) is 34.3 Å². The number of nitrogens with zero attached hydrogens (tertiary/aromatic N) is 1. The van der Waals surface area contributed by atoms with Gasteiger partial charge >= 0.3 is 0 Å². The Labute approximate surface area is 162 Å². The topological polar surface area (TPSA) is 88.2 Å². The summed E-state index contributed by atoms with van der Waals surface area (Å²) in [5.74, 6) is 0.196. The van der Waals surface area contributed by atoms with Crippen LogP contribution in [0, 0.1) is 0 Å². The molecule has 0 atom stereocenters. The van der Waals surface area contributed by atoms with Crippen molar-refractivity contribution in [1.29, 1.82) is 0 Å². The second-order valence-electron chi connectivity index (χ2n) is 6.28. The van der Waals surface area contributed by atoms with Crippen LogP contribution < -0.4 is 10.6 Å². The highest BCUT2D eigenvalue weighted by Gasteiger charge is 2.09. The molecule has 0 radical (unpaired) electrons. The van der Waals surface area contributed by atoms with Gasteiger partial charge < -0.3 is 10.6 Å². The van der Waals surface area contributed by atoms with Crippen LogP contribution in [0.4, 0.5) is 17.2 Å². The maximum absolute atomic E-state index is 12.5. The predicted octanol–water partition coefficient (Wildman–Crippen LogP) is 4.48. The minimum absolute atomic E-state index is 0.000297. The summed E-state index contributed by atoms with van der Waals surface area (Å²) in [6, 6.07) is 17.0. The first-order valence-corrected chi connectivity index (χ1v) is 8.69. The number of nitrogens with one attached hydrogen (secondary N) is 2. The first kappa shape index (κ1) is 19.0. The van der Waals surface area contributed by atoms with E-state index >= 15 is 0 Å². The Morgan fingerprint density at radius 2 is 1.25 bits per heavy atom. The summed E-state index contributed by atoms with van der Waals surface area (Å²) >= 11 is 0. The van der Waals surface area contributed by atoms with Crippen molar-refractivity contribution in [2.45, 2.75) is 13.8 Å². The lowest BCUT2D eigenvalue weighted by molar-refractivity contribution is 0.100. The molecule has 28 heavy (non-hydrogen) atoms. The molecule has 1 aromatic heterocycles. The molecule has 1 heterocycles. The second kappa shape index (κ2) is 8.26. The van der Waals surface area contributed by atoms with E-state index in [2.05, 4.69) is 15.6 Å². The molecule has 0 saturated heterocycles. The number of amides is 1. The van der Waals surface area contributed by atoms with Gasteiger partial charge in [0.05, 0.1) is 0 Å². The average Bonchev–Trinajstić information content (AvgIpc) is 2.69. The van der Waals surface area contributed by atoms with Gasteiger partial charge in [-0.15, -0.1) is 0 Å². The number of carbonyl (C=O) groups excluding carboxylic acids is 3. The smallest absolute Gasteiger partial charge is 0.255 e. The van der Waals surface area contributed by atoms with E-state index in [9.17, 15) is 14.4 Å². The molecule has 0 spiro atoms. The van der Waals surface area contributed by atoms with E-state index in [0.29, 0.717) is 28.2 Å². The molecule has 1 amide bonds. The van der Waals surface area contributed by atoms with Gasteiger partial charge in [-0.1, -0.05) is 0 Å². The van der Waals surface area contributed by atoms with Crippen LogP contribution in [0.2, 0.25) is 0 Å². The van der Waals surface area contributed by atoms with Crippen LogP contribution in [0.5, 0.6) is 0 Å². The lowest BCUT2D eigenvalue weighted by Crippen LogP contribution is -2.12. The van der Waals surface area contributed by atoms with E-state index in [1.54, 1.807) is 66.9 Å². The van der Waals surface area contributed by atoms with Crippen molar-refractivity contribution in [2.24, 2.45) is 0 Å². The number of aromatic nitrogens is 1. The standard InChI is InChI=1S/C22H19N3O3/c1-14(26)16-3-7-19(8-4-16)24-21-13-18(11-12-23-21)22(28)25-20-9-5-17(6-10-20)15(2)27/h3-13H,1-2H3,(H,23,24)(H,25,28). The maximum Gasteiger partial charge on any atom is 0.255 e. The lowest BCUT2D eigenvalue weighted by atomic mass is 10.1. The van der Waals surface area contributed by atoms with Gasteiger partial charge in [0.1, 0.15) is 5.82 Å². The first-order chi connectivity index (χ1) is 13.4. The third-order valence-electron chi connectivity index (χ3n) is 4.14. The molecule has 140 valence electrons. The molecule has 3 rings (SSSR count). The normalized spacial score (nSPS) is 10.2. The van der Waals surface area contributed by atoms with Gasteiger partial charge in [0.2, 0.25) is 0 Å². The third kappa shape index (κ3) is 4.67. The summed E-state index contributed by atoms with van der Waals surface area (Å²) in [5, 5.41) is 5.90. The SMILES string of the molecule is CC(=O)c1ccc(NC(=O)c2ccnc(Nc3ccc(C(C)=O)cc3)c2)cc1. The van der Waals surface area contributed by atoms with Gasteiger partial charge in [0.15, 0.2) is 11.6 Å². The van der Waals surface area contributed by atoms with Gasteiger partial charge in [-0.3, -0.25) is 14.4 Å². The van der Waals surface area contributed by atoms with E-state index in [4.69, 9.17) is 0 Å². The van der Waals surface area contributed by atoms with Gasteiger partial charge in [0.25, 0.3) is 5.91 Å². The van der Waals surface area contributed by atoms with Crippen molar-refractivity contribution in [3.05, 3.63) is 83.6 Å². The van der Waals surface area contributed by atoms with Crippen molar-refractivity contribution in [1.82, 2.24) is 4.98 Å². The Kier molecular flexibility index (Phi) is 5.60. The summed E-state index contributed by atoms with van der Waals surface area (Å²) in [5.41, 5.74) is 3.01. The van der Waals surface area contributed by atoms with Gasteiger partial charge in [-0.25, -0.2) is 4.98 Å². The van der Waals surface area contributed by atoms with Crippen molar-refractivity contribution in [2.75, 3.05) is 10.6 Å². The molecule has 0 unspecified atom stereocenters. The highest BCUT2D eigenvalue weighted by atomic mass is 16.1. The summed E-state index contributed by atoms with van der Waals surface area (Å²) in [6.07, 6.45) is 1.54. The first-order valence-electron chi connectivity index (χ1n) is 8.69. The Bertz CT molecular complexity index is 1030. The molecule has 2 N–H and O–H groups in total. The quantitative estimate of drug-likeness (QED) is 0.622. The molecule has 0 fully saturated rings. The molecule has 0 bridgehead atoms. The molecular formula is C22H19N3O3. The van der Waals surface area contributed by atoms with Crippen LogP contribution in [0.25, 0.3) is 0 Å². The minimum atomic E-state index is -0.284. The van der Waals surface area contributed by atoms with E-state index in [0.717, 1.165) is 5.69 Å². The van der Waals surface area contributed by atoms with Gasteiger partial charge in [-0.2, -0.15) is 0 Å². The fraction of sp³-hybridized carbons (Fsp3) is 0.0909. The number of Topliss-reactive ketones (excluding diaryl/α,β-unsaturated/α-hetero) is 2. The molecule has 3 aromatic rings. The summed E-state index contributed by atoms with van der Waals surface area (Å²) < 4.78 is 0. The summed E-state index contributed by atoms with van der Waals surface area (Å²) in [7, 11) is 0. The van der Waals surface area contributed by atoms with Crippen molar-refractivity contribution in [3.63, 3.8) is 0 Å². The van der Waals surface area contributed by atoms with Crippen molar-refractivity contribution >= 4 is 34.7 Å². The highest BCUT2D eigenvalue weighted by molar-refractivity contribution is 6.05. The number of rotatable bonds is 6. The number of carbonyl (C=O) groups is 3. The largest absolute Gasteiger partial charge is 0.340 e. The van der Waals surface area contributed by atoms with Crippen LogP contribution in [0.1, 0.15) is 44.9 Å². The Hall–Kier alpha value is -3.80. The van der Waals surface area contributed by atoms with E-state index in [1.165, 1.54) is 13.8 Å². The summed E-state index contributed by atoms with van der Waals surface area (Å²) in [4.78, 5) is 39.4. The minimum Gasteiger partial charge on any atom is -0.340 e. The van der Waals surface area contributed by atoms with E-state index in [-0.39, 0.29) is 17.5 Å². The zero-order valence-electron chi connectivity index (χ0n) is 15.5. The van der Waals surface area contributed by atoms with Crippen LogP contribution in [-0.4, -0.2) is 22.5 Å². The average molecular weight is 373 g/mol. The van der Waals surface area contributed by atoms with E-state index < -0.39 is 0 Å². The molecule has 6 nitrogen and oxygen atoms in total. The Morgan fingerprint density at radius 3 is 1.79 bits per heavy atom. The molecule has 0 saturated carbocycles. The Morgan fingerprint density at radius 1 is 0.714 bits per heavy atom. The second-order valence-corrected chi connectivity index (χ2v) is 6.28. The number of pyridine rings is 1. The summed E-state index contributed by atoms with van der Waals surface area (Å²) in [6.45, 7) is 3.01. The molecular weight excluding hydrogens is 354 g/mol. The number of hydrogen-bond acceptors (Lipinski definition) is 5. The van der Waals surface area contributed by atoms with Crippen LogP contribution in [0.3, 0.4) is 0 Å². The van der Waals surface area contributed by atoms with Crippen LogP contribution in [0.15, 0.2) is 66.9 Å². The van der Waals surface area contributed by atoms with Crippen molar-refractivity contribution in [3.8, 4) is 0 Å². The fourth-order valence-electron chi connectivity index (χ4n) is 2.57. The number of ketones is 2. The number of benzene rings is 2.